The van der Waals surface area contributed by atoms with Gasteiger partial charge in [-0.3, -0.25) is 9.36 Å². The molecule has 38 heavy (non-hydrogen) atoms. The van der Waals surface area contributed by atoms with Crippen molar-refractivity contribution < 1.29 is 23.4 Å². The first-order valence-corrected chi connectivity index (χ1v) is 13.1. The highest BCUT2D eigenvalue weighted by atomic mass is 19.3. The number of hydrogen-bond donors (Lipinski definition) is 3. The van der Waals surface area contributed by atoms with Crippen molar-refractivity contribution in [3.05, 3.63) is 36.2 Å². The molecule has 10 nitrogen and oxygen atoms in total. The number of anilines is 2. The van der Waals surface area contributed by atoms with Crippen LogP contribution in [0.5, 0.6) is 0 Å². The van der Waals surface area contributed by atoms with Gasteiger partial charge in [0.15, 0.2) is 5.82 Å². The van der Waals surface area contributed by atoms with Crippen LogP contribution < -0.4 is 15.5 Å². The Labute approximate surface area is 219 Å². The van der Waals surface area contributed by atoms with E-state index in [0.29, 0.717) is 67.4 Å². The molecule has 0 amide bonds. The van der Waals surface area contributed by atoms with E-state index in [1.165, 1.54) is 4.57 Å². The number of carboxylic acids is 1. The van der Waals surface area contributed by atoms with Crippen LogP contribution in [0.25, 0.3) is 16.9 Å². The number of halogens is 2. The normalized spacial score (nSPS) is 21.1. The van der Waals surface area contributed by atoms with E-state index >= 15 is 0 Å². The smallest absolute Gasteiger partial charge is 0.320 e. The molecule has 3 aromatic rings. The quantitative estimate of drug-likeness (QED) is 0.382. The summed E-state index contributed by atoms with van der Waals surface area (Å²) in [6, 6.07) is 8.39. The molecule has 3 N–H and O–H groups in total. The Morgan fingerprint density at radius 2 is 1.82 bits per heavy atom. The maximum atomic E-state index is 14.0. The van der Waals surface area contributed by atoms with Gasteiger partial charge in [-0.05, 0) is 50.7 Å². The molecule has 1 saturated carbocycles. The van der Waals surface area contributed by atoms with Gasteiger partial charge in [0.1, 0.15) is 17.7 Å². The number of rotatable bonds is 9. The zero-order valence-electron chi connectivity index (χ0n) is 21.3. The molecular formula is C26H33F2N7O3. The summed E-state index contributed by atoms with van der Waals surface area (Å²) in [5.41, 5.74) is 1.04. The van der Waals surface area contributed by atoms with Crippen LogP contribution in [-0.4, -0.2) is 75.5 Å². The van der Waals surface area contributed by atoms with E-state index in [2.05, 4.69) is 25.5 Å². The molecule has 12 heteroatoms. The van der Waals surface area contributed by atoms with Crippen LogP contribution in [0.3, 0.4) is 0 Å². The fourth-order valence-electron chi connectivity index (χ4n) is 5.20. The molecule has 2 aliphatic rings. The van der Waals surface area contributed by atoms with Gasteiger partial charge in [-0.1, -0.05) is 12.1 Å². The van der Waals surface area contributed by atoms with E-state index < -0.39 is 18.4 Å². The highest BCUT2D eigenvalue weighted by molar-refractivity contribution is 5.78. The van der Waals surface area contributed by atoms with Crippen LogP contribution >= 0.6 is 0 Å². The van der Waals surface area contributed by atoms with Gasteiger partial charge >= 0.3 is 5.97 Å². The second-order valence-electron chi connectivity index (χ2n) is 9.93. The van der Waals surface area contributed by atoms with Crippen LogP contribution in [0.2, 0.25) is 0 Å². The van der Waals surface area contributed by atoms with E-state index in [-0.39, 0.29) is 11.9 Å². The van der Waals surface area contributed by atoms with Gasteiger partial charge in [-0.2, -0.15) is 9.97 Å². The summed E-state index contributed by atoms with van der Waals surface area (Å²) < 4.78 is 35.0. The van der Waals surface area contributed by atoms with Crippen molar-refractivity contribution in [2.45, 2.75) is 51.1 Å². The SMILES string of the molecule is CC(NC1CCC(CNc2nc(N3CCOCC3)cc(-n3c(C(F)F)nc4ccccc43)n2)CC1)C(=O)O. The Balaban J connectivity index is 1.38. The van der Waals surface area contributed by atoms with Crippen molar-refractivity contribution in [1.29, 1.82) is 0 Å². The molecule has 1 aliphatic heterocycles. The van der Waals surface area contributed by atoms with Crippen molar-refractivity contribution in [2.24, 2.45) is 5.92 Å². The first-order chi connectivity index (χ1) is 18.4. The molecule has 1 aromatic carbocycles. The Kier molecular flexibility index (Phi) is 7.98. The van der Waals surface area contributed by atoms with Crippen molar-refractivity contribution in [3.63, 3.8) is 0 Å². The molecule has 1 aliphatic carbocycles. The molecule has 2 aromatic heterocycles. The number of fused-ring (bicyclic) bond motifs is 1. The molecule has 2 fully saturated rings. The summed E-state index contributed by atoms with van der Waals surface area (Å²) in [6.45, 7) is 4.73. The number of alkyl halides is 2. The average molecular weight is 530 g/mol. The molecule has 1 atom stereocenters. The highest BCUT2D eigenvalue weighted by Gasteiger charge is 2.26. The monoisotopic (exact) mass is 529 g/mol. The second kappa shape index (κ2) is 11.6. The number of carboxylic acid groups (broad SMARTS) is 1. The molecule has 1 unspecified atom stereocenters. The molecular weight excluding hydrogens is 496 g/mol. The molecule has 0 radical (unpaired) electrons. The minimum Gasteiger partial charge on any atom is -0.480 e. The number of aromatic nitrogens is 4. The van der Waals surface area contributed by atoms with Crippen LogP contribution in [-0.2, 0) is 9.53 Å². The maximum Gasteiger partial charge on any atom is 0.320 e. The third-order valence-corrected chi connectivity index (χ3v) is 7.30. The molecule has 204 valence electrons. The van der Waals surface area contributed by atoms with Crippen molar-refractivity contribution in [2.75, 3.05) is 43.1 Å². The molecule has 3 heterocycles. The number of aliphatic carboxylic acids is 1. The van der Waals surface area contributed by atoms with Gasteiger partial charge < -0.3 is 25.4 Å². The Bertz CT molecular complexity index is 1260. The topological polar surface area (TPSA) is 117 Å². The van der Waals surface area contributed by atoms with Crippen molar-refractivity contribution in [1.82, 2.24) is 24.8 Å². The number of imidazole rings is 1. The van der Waals surface area contributed by atoms with Gasteiger partial charge in [-0.25, -0.2) is 13.8 Å². The molecule has 1 saturated heterocycles. The lowest BCUT2D eigenvalue weighted by molar-refractivity contribution is -0.139. The number of para-hydroxylation sites is 2. The number of ether oxygens (including phenoxy) is 1. The van der Waals surface area contributed by atoms with Crippen LogP contribution in [0.1, 0.15) is 44.9 Å². The van der Waals surface area contributed by atoms with Gasteiger partial charge in [0.2, 0.25) is 5.95 Å². The predicted octanol–water partition coefficient (Wildman–Crippen LogP) is 3.62. The van der Waals surface area contributed by atoms with E-state index in [1.807, 2.05) is 0 Å². The number of nitrogens with one attached hydrogen (secondary N) is 2. The largest absolute Gasteiger partial charge is 0.480 e. The fourth-order valence-corrected chi connectivity index (χ4v) is 5.20. The Morgan fingerprint density at radius 1 is 1.11 bits per heavy atom. The molecule has 0 spiro atoms. The van der Waals surface area contributed by atoms with Gasteiger partial charge in [0.05, 0.1) is 24.2 Å². The first kappa shape index (κ1) is 26.2. The zero-order chi connectivity index (χ0) is 26.6. The average Bonchev–Trinajstić information content (AvgIpc) is 3.33. The Morgan fingerprint density at radius 3 is 2.53 bits per heavy atom. The van der Waals surface area contributed by atoms with Gasteiger partial charge in [0, 0.05) is 31.7 Å². The Hall–Kier alpha value is -3.38. The van der Waals surface area contributed by atoms with Crippen molar-refractivity contribution >= 4 is 28.8 Å². The third kappa shape index (κ3) is 5.86. The lowest BCUT2D eigenvalue weighted by Crippen LogP contribution is -2.43. The van der Waals surface area contributed by atoms with Crippen LogP contribution in [0, 0.1) is 5.92 Å². The lowest BCUT2D eigenvalue weighted by atomic mass is 9.85. The fraction of sp³-hybridized carbons (Fsp3) is 0.538. The van der Waals surface area contributed by atoms with Crippen LogP contribution in [0.15, 0.2) is 30.3 Å². The number of nitrogens with zero attached hydrogens (tertiary/aromatic N) is 5. The summed E-state index contributed by atoms with van der Waals surface area (Å²) in [6.07, 6.45) is 0.891. The second-order valence-corrected chi connectivity index (χ2v) is 9.93. The van der Waals surface area contributed by atoms with E-state index in [4.69, 9.17) is 14.8 Å². The van der Waals surface area contributed by atoms with Crippen LogP contribution in [0.4, 0.5) is 20.5 Å². The number of carbonyl (C=O) groups is 1. The summed E-state index contributed by atoms with van der Waals surface area (Å²) in [7, 11) is 0. The number of morpholine rings is 1. The number of benzene rings is 1. The summed E-state index contributed by atoms with van der Waals surface area (Å²) in [5.74, 6) is 0.533. The van der Waals surface area contributed by atoms with Gasteiger partial charge in [-0.15, -0.1) is 0 Å². The summed E-state index contributed by atoms with van der Waals surface area (Å²) in [5, 5.41) is 15.7. The summed E-state index contributed by atoms with van der Waals surface area (Å²) in [4.78, 5) is 26.8. The van der Waals surface area contributed by atoms with Crippen molar-refractivity contribution in [3.8, 4) is 5.82 Å². The standard InChI is InChI=1S/C26H33F2N7O3/c1-16(25(36)37)30-18-8-6-17(7-9-18)15-29-26-32-21(34-10-12-38-13-11-34)14-22(33-26)35-20-5-3-2-4-19(20)31-24(35)23(27)28/h2-5,14,16-18,23,30H,6-13,15H2,1H3,(H,36,37)(H,29,32,33). The van der Waals surface area contributed by atoms with E-state index in [1.54, 1.807) is 37.3 Å². The zero-order valence-corrected chi connectivity index (χ0v) is 21.3. The minimum absolute atomic E-state index is 0.187. The molecule has 5 rings (SSSR count). The molecule has 0 bridgehead atoms. The minimum atomic E-state index is -2.77. The van der Waals surface area contributed by atoms with Gasteiger partial charge in [0.25, 0.3) is 6.43 Å². The highest BCUT2D eigenvalue weighted by Crippen LogP contribution is 2.30. The number of hydrogen-bond acceptors (Lipinski definition) is 8. The van der Waals surface area contributed by atoms with E-state index in [0.717, 1.165) is 25.7 Å². The summed E-state index contributed by atoms with van der Waals surface area (Å²) >= 11 is 0. The maximum absolute atomic E-state index is 14.0. The lowest BCUT2D eigenvalue weighted by Gasteiger charge is -2.31. The predicted molar refractivity (Wildman–Crippen MR) is 139 cm³/mol. The first-order valence-electron chi connectivity index (χ1n) is 13.1. The van der Waals surface area contributed by atoms with E-state index in [9.17, 15) is 13.6 Å². The third-order valence-electron chi connectivity index (χ3n) is 7.30.